The molecule has 1 atom stereocenters. The molecule has 3 heterocycles. The highest BCUT2D eigenvalue weighted by molar-refractivity contribution is 6.36. The van der Waals surface area contributed by atoms with Gasteiger partial charge in [0.05, 0.1) is 22.6 Å². The van der Waals surface area contributed by atoms with Crippen LogP contribution < -0.4 is 32.3 Å². The summed E-state index contributed by atoms with van der Waals surface area (Å²) in [6.07, 6.45) is 2.60. The third-order valence-corrected chi connectivity index (χ3v) is 5.39. The Labute approximate surface area is 173 Å². The molecular weight excluding hydrogens is 392 g/mol. The van der Waals surface area contributed by atoms with Crippen molar-refractivity contribution in [3.8, 4) is 0 Å². The number of nitrogens with two attached hydrogens (primary N) is 2. The second-order valence-electron chi connectivity index (χ2n) is 6.98. The topological polar surface area (TPSA) is 134 Å². The molecule has 1 aliphatic heterocycles. The molecule has 4 rings (SSSR count). The minimum absolute atomic E-state index is 0.339. The standard InChI is InChI=1S/C18H25ClN10/c1-3-23-16-17-24-8-14(21)29(17)27-18(26-16)25-12-6-10(20)7-13(15(12)19)28-5-4-11(9-28)22-2/h6-8,11,22H,3-5,9,20-21H2,1-2H3,(H2,23,25,26,27). The van der Waals surface area contributed by atoms with Crippen molar-refractivity contribution < 1.29 is 0 Å². The van der Waals surface area contributed by atoms with Gasteiger partial charge in [-0.2, -0.15) is 9.50 Å². The Morgan fingerprint density at radius 3 is 2.86 bits per heavy atom. The lowest BCUT2D eigenvalue weighted by Gasteiger charge is -2.22. The van der Waals surface area contributed by atoms with Crippen LogP contribution >= 0.6 is 11.6 Å². The quantitative estimate of drug-likeness (QED) is 0.382. The number of hydrogen-bond acceptors (Lipinski definition) is 9. The van der Waals surface area contributed by atoms with E-state index in [0.29, 0.717) is 52.2 Å². The van der Waals surface area contributed by atoms with E-state index in [-0.39, 0.29) is 0 Å². The van der Waals surface area contributed by atoms with Crippen molar-refractivity contribution in [1.82, 2.24) is 24.9 Å². The maximum atomic E-state index is 6.74. The molecule has 29 heavy (non-hydrogen) atoms. The zero-order valence-electron chi connectivity index (χ0n) is 16.4. The fourth-order valence-corrected chi connectivity index (χ4v) is 3.80. The first kappa shape index (κ1) is 19.3. The Bertz CT molecular complexity index is 1030. The summed E-state index contributed by atoms with van der Waals surface area (Å²) in [6, 6.07) is 4.10. The van der Waals surface area contributed by atoms with Gasteiger partial charge in [-0.15, -0.1) is 5.10 Å². The van der Waals surface area contributed by atoms with Crippen molar-refractivity contribution in [2.45, 2.75) is 19.4 Å². The SMILES string of the molecule is CCNc1nc(Nc2cc(N)cc(N3CCC(NC)C3)c2Cl)nn2c(N)cnc12. The van der Waals surface area contributed by atoms with Crippen molar-refractivity contribution in [2.75, 3.05) is 53.7 Å². The van der Waals surface area contributed by atoms with E-state index in [2.05, 4.69) is 35.9 Å². The second kappa shape index (κ2) is 7.80. The highest BCUT2D eigenvalue weighted by Gasteiger charge is 2.24. The molecule has 0 saturated carbocycles. The Hall–Kier alpha value is -2.98. The Kier molecular flexibility index (Phi) is 5.20. The molecule has 7 N–H and O–H groups in total. The molecule has 0 amide bonds. The monoisotopic (exact) mass is 416 g/mol. The lowest BCUT2D eigenvalue weighted by Crippen LogP contribution is -2.29. The molecule has 154 valence electrons. The van der Waals surface area contributed by atoms with E-state index in [0.717, 1.165) is 25.2 Å². The average molecular weight is 417 g/mol. The first-order valence-corrected chi connectivity index (χ1v) is 9.91. The van der Waals surface area contributed by atoms with E-state index in [4.69, 9.17) is 23.1 Å². The molecule has 11 heteroatoms. The summed E-state index contributed by atoms with van der Waals surface area (Å²) in [7, 11) is 1.97. The molecule has 1 aliphatic rings. The highest BCUT2D eigenvalue weighted by Crippen LogP contribution is 2.38. The number of imidazole rings is 1. The first-order chi connectivity index (χ1) is 14.0. The molecule has 1 aromatic carbocycles. The van der Waals surface area contributed by atoms with E-state index in [1.54, 1.807) is 12.3 Å². The third kappa shape index (κ3) is 3.68. The van der Waals surface area contributed by atoms with Gasteiger partial charge < -0.3 is 32.3 Å². The van der Waals surface area contributed by atoms with Gasteiger partial charge in [-0.1, -0.05) is 11.6 Å². The zero-order chi connectivity index (χ0) is 20.5. The van der Waals surface area contributed by atoms with E-state index < -0.39 is 0 Å². The van der Waals surface area contributed by atoms with Gasteiger partial charge in [0.25, 0.3) is 0 Å². The molecule has 2 aromatic heterocycles. The number of rotatable bonds is 6. The van der Waals surface area contributed by atoms with Crippen molar-refractivity contribution in [3.05, 3.63) is 23.4 Å². The fourth-order valence-electron chi connectivity index (χ4n) is 3.52. The van der Waals surface area contributed by atoms with Crippen LogP contribution in [0.3, 0.4) is 0 Å². The number of benzene rings is 1. The van der Waals surface area contributed by atoms with Gasteiger partial charge in [0.15, 0.2) is 11.5 Å². The summed E-state index contributed by atoms with van der Waals surface area (Å²) < 4.78 is 1.53. The lowest BCUT2D eigenvalue weighted by molar-refractivity contribution is 0.617. The van der Waals surface area contributed by atoms with Crippen molar-refractivity contribution in [2.24, 2.45) is 0 Å². The maximum absolute atomic E-state index is 6.74. The van der Waals surface area contributed by atoms with Crippen LogP contribution in [0.1, 0.15) is 13.3 Å². The van der Waals surface area contributed by atoms with Gasteiger partial charge in [-0.3, -0.25) is 0 Å². The number of nitrogen functional groups attached to an aromatic ring is 2. The smallest absolute Gasteiger partial charge is 0.247 e. The number of nitrogens with one attached hydrogen (secondary N) is 3. The lowest BCUT2D eigenvalue weighted by atomic mass is 10.2. The van der Waals surface area contributed by atoms with Crippen LogP contribution in [-0.4, -0.2) is 52.3 Å². The molecule has 0 radical (unpaired) electrons. The van der Waals surface area contributed by atoms with Crippen LogP contribution in [0.5, 0.6) is 0 Å². The van der Waals surface area contributed by atoms with Gasteiger partial charge in [0.2, 0.25) is 5.95 Å². The van der Waals surface area contributed by atoms with Crippen LogP contribution in [0.2, 0.25) is 5.02 Å². The molecule has 0 bridgehead atoms. The highest BCUT2D eigenvalue weighted by atomic mass is 35.5. The number of fused-ring (bicyclic) bond motifs is 1. The molecule has 0 spiro atoms. The second-order valence-corrected chi connectivity index (χ2v) is 7.36. The summed E-state index contributed by atoms with van der Waals surface area (Å²) >= 11 is 6.74. The zero-order valence-corrected chi connectivity index (χ0v) is 17.2. The van der Waals surface area contributed by atoms with Crippen LogP contribution in [0.25, 0.3) is 5.65 Å². The van der Waals surface area contributed by atoms with E-state index >= 15 is 0 Å². The van der Waals surface area contributed by atoms with Crippen LogP contribution in [0, 0.1) is 0 Å². The number of halogens is 1. The van der Waals surface area contributed by atoms with Gasteiger partial charge in [-0.05, 0) is 32.5 Å². The molecule has 3 aromatic rings. The minimum Gasteiger partial charge on any atom is -0.399 e. The number of aromatic nitrogens is 4. The van der Waals surface area contributed by atoms with Crippen molar-refractivity contribution in [1.29, 1.82) is 0 Å². The van der Waals surface area contributed by atoms with Crippen LogP contribution in [0.4, 0.5) is 34.6 Å². The summed E-state index contributed by atoms with van der Waals surface area (Å²) in [5.74, 6) is 1.34. The largest absolute Gasteiger partial charge is 0.399 e. The maximum Gasteiger partial charge on any atom is 0.247 e. The summed E-state index contributed by atoms with van der Waals surface area (Å²) in [5.41, 5.74) is 14.8. The normalized spacial score (nSPS) is 16.5. The Morgan fingerprint density at radius 2 is 2.14 bits per heavy atom. The fraction of sp³-hybridized carbons (Fsp3) is 0.389. The van der Waals surface area contributed by atoms with Crippen LogP contribution in [0.15, 0.2) is 18.3 Å². The predicted octanol–water partition coefficient (Wildman–Crippen LogP) is 1.92. The molecular formula is C18H25ClN10. The Morgan fingerprint density at radius 1 is 1.31 bits per heavy atom. The number of likely N-dealkylation sites (N-methyl/N-ethyl adjacent to an activating group) is 1. The molecule has 1 unspecified atom stereocenters. The molecule has 1 saturated heterocycles. The average Bonchev–Trinajstić information content (AvgIpc) is 3.32. The number of hydrogen-bond donors (Lipinski definition) is 5. The van der Waals surface area contributed by atoms with Crippen molar-refractivity contribution >= 4 is 51.9 Å². The summed E-state index contributed by atoms with van der Waals surface area (Å²) in [4.78, 5) is 11.0. The number of anilines is 6. The molecule has 0 aliphatic carbocycles. The molecule has 10 nitrogen and oxygen atoms in total. The first-order valence-electron chi connectivity index (χ1n) is 9.53. The molecule has 1 fully saturated rings. The van der Waals surface area contributed by atoms with E-state index in [1.165, 1.54) is 4.52 Å². The van der Waals surface area contributed by atoms with E-state index in [1.807, 2.05) is 20.0 Å². The third-order valence-electron chi connectivity index (χ3n) is 4.99. The van der Waals surface area contributed by atoms with Crippen LogP contribution in [-0.2, 0) is 0 Å². The van der Waals surface area contributed by atoms with Crippen molar-refractivity contribution in [3.63, 3.8) is 0 Å². The Balaban J connectivity index is 1.70. The van der Waals surface area contributed by atoms with Gasteiger partial charge in [-0.25, -0.2) is 4.98 Å². The van der Waals surface area contributed by atoms with Gasteiger partial charge in [0.1, 0.15) is 5.82 Å². The summed E-state index contributed by atoms with van der Waals surface area (Å²) in [6.45, 7) is 4.45. The van der Waals surface area contributed by atoms with E-state index in [9.17, 15) is 0 Å². The van der Waals surface area contributed by atoms with Gasteiger partial charge in [0, 0.05) is 31.4 Å². The van der Waals surface area contributed by atoms with Gasteiger partial charge >= 0.3 is 0 Å². The number of nitrogens with zero attached hydrogens (tertiary/aromatic N) is 5. The minimum atomic E-state index is 0.339. The summed E-state index contributed by atoms with van der Waals surface area (Å²) in [5, 5.41) is 14.7. The predicted molar refractivity (Wildman–Crippen MR) is 118 cm³/mol.